The van der Waals surface area contributed by atoms with E-state index < -0.39 is 23.6 Å². The summed E-state index contributed by atoms with van der Waals surface area (Å²) in [7, 11) is 0. The third-order valence-corrected chi connectivity index (χ3v) is 5.32. The van der Waals surface area contributed by atoms with Crippen LogP contribution in [-0.4, -0.2) is 27.7 Å². The third kappa shape index (κ3) is 8.74. The van der Waals surface area contributed by atoms with Crippen LogP contribution >= 0.6 is 0 Å². The van der Waals surface area contributed by atoms with E-state index in [0.717, 1.165) is 24.3 Å². The lowest BCUT2D eigenvalue weighted by Gasteiger charge is -2.11. The van der Waals surface area contributed by atoms with Crippen molar-refractivity contribution < 1.29 is 27.6 Å². The lowest BCUT2D eigenvalue weighted by Crippen LogP contribution is -2.15. The quantitative estimate of drug-likeness (QED) is 0.169. The summed E-state index contributed by atoms with van der Waals surface area (Å²) in [6.07, 6.45) is -0.656. The van der Waals surface area contributed by atoms with Crippen molar-refractivity contribution in [2.75, 3.05) is 21.3 Å². The van der Waals surface area contributed by atoms with Crippen LogP contribution in [0.15, 0.2) is 97.8 Å². The second-order valence-electron chi connectivity index (χ2n) is 8.26. The number of amides is 3. The van der Waals surface area contributed by atoms with Gasteiger partial charge in [-0.05, 0) is 60.7 Å². The van der Waals surface area contributed by atoms with Gasteiger partial charge in [0.05, 0.1) is 23.6 Å². The third-order valence-electron chi connectivity index (χ3n) is 5.32. The zero-order valence-electron chi connectivity index (χ0n) is 22.6. The number of carbonyl (C=O) groups excluding carboxylic acids is 3. The van der Waals surface area contributed by atoms with Gasteiger partial charge in [-0.15, -0.1) is 0 Å². The van der Waals surface area contributed by atoms with Crippen LogP contribution in [0.5, 0.6) is 0 Å². The fraction of sp³-hybridized carbons (Fsp3) is 0.100. The van der Waals surface area contributed by atoms with E-state index in [1.165, 1.54) is 42.7 Å². The number of alkyl halides is 3. The Morgan fingerprint density at radius 2 is 1.24 bits per heavy atom. The van der Waals surface area contributed by atoms with Crippen molar-refractivity contribution in [3.8, 4) is 0 Å². The molecule has 0 aliphatic rings. The molecule has 0 aliphatic carbocycles. The van der Waals surface area contributed by atoms with Crippen molar-refractivity contribution >= 4 is 46.4 Å². The SMILES string of the molecule is C=CC(=O)Nc1cccc(Nc2ncc(NC(=O)c3cccc(NC(=O)c4cccc(C(F)(F)F)c4)c3)cn2)c1.CC. The average molecular weight is 577 g/mol. The number of hydrogen-bond acceptors (Lipinski definition) is 6. The highest BCUT2D eigenvalue weighted by Gasteiger charge is 2.30. The van der Waals surface area contributed by atoms with Crippen molar-refractivity contribution in [2.24, 2.45) is 0 Å². The first-order valence-corrected chi connectivity index (χ1v) is 12.6. The second-order valence-corrected chi connectivity index (χ2v) is 8.26. The summed E-state index contributed by atoms with van der Waals surface area (Å²) in [5.74, 6) is -1.39. The van der Waals surface area contributed by atoms with Gasteiger partial charge in [-0.3, -0.25) is 14.4 Å². The molecular weight excluding hydrogens is 549 g/mol. The van der Waals surface area contributed by atoms with E-state index >= 15 is 0 Å². The number of rotatable bonds is 8. The first kappa shape index (κ1) is 31.0. The van der Waals surface area contributed by atoms with Gasteiger partial charge >= 0.3 is 6.18 Å². The van der Waals surface area contributed by atoms with Crippen molar-refractivity contribution in [3.63, 3.8) is 0 Å². The summed E-state index contributed by atoms with van der Waals surface area (Å²) >= 11 is 0. The minimum absolute atomic E-state index is 0.177. The van der Waals surface area contributed by atoms with Crippen LogP contribution in [0.3, 0.4) is 0 Å². The molecule has 0 saturated carbocycles. The molecule has 4 rings (SSSR count). The van der Waals surface area contributed by atoms with Crippen LogP contribution in [0.2, 0.25) is 0 Å². The molecule has 1 heterocycles. The molecule has 12 heteroatoms. The van der Waals surface area contributed by atoms with E-state index in [1.807, 2.05) is 13.8 Å². The van der Waals surface area contributed by atoms with Gasteiger partial charge in [-0.1, -0.05) is 38.6 Å². The van der Waals surface area contributed by atoms with E-state index in [9.17, 15) is 27.6 Å². The molecule has 0 radical (unpaired) electrons. The molecule has 4 N–H and O–H groups in total. The molecule has 0 bridgehead atoms. The Labute approximate surface area is 239 Å². The number of carbonyl (C=O) groups is 3. The normalized spacial score (nSPS) is 10.4. The van der Waals surface area contributed by atoms with Crippen molar-refractivity contribution in [1.29, 1.82) is 0 Å². The van der Waals surface area contributed by atoms with Crippen LogP contribution < -0.4 is 21.3 Å². The van der Waals surface area contributed by atoms with Crippen molar-refractivity contribution in [2.45, 2.75) is 20.0 Å². The molecule has 0 aliphatic heterocycles. The Kier molecular flexibility index (Phi) is 10.5. The fourth-order valence-electron chi connectivity index (χ4n) is 3.44. The summed E-state index contributed by atoms with van der Waals surface area (Å²) in [5.41, 5.74) is 0.737. The van der Waals surface area contributed by atoms with Crippen LogP contribution in [0, 0.1) is 0 Å². The van der Waals surface area contributed by atoms with Crippen LogP contribution in [0.25, 0.3) is 0 Å². The van der Waals surface area contributed by atoms with E-state index in [2.05, 4.69) is 37.8 Å². The van der Waals surface area contributed by atoms with Gasteiger partial charge in [-0.25, -0.2) is 9.97 Å². The van der Waals surface area contributed by atoms with Gasteiger partial charge < -0.3 is 21.3 Å². The minimum atomic E-state index is -4.58. The largest absolute Gasteiger partial charge is 0.416 e. The van der Waals surface area contributed by atoms with E-state index in [-0.39, 0.29) is 28.7 Å². The first-order valence-electron chi connectivity index (χ1n) is 12.6. The zero-order chi connectivity index (χ0) is 30.7. The van der Waals surface area contributed by atoms with Gasteiger partial charge in [0.25, 0.3) is 11.8 Å². The van der Waals surface area contributed by atoms with Gasteiger partial charge in [0.2, 0.25) is 11.9 Å². The number of aromatic nitrogens is 2. The van der Waals surface area contributed by atoms with Crippen molar-refractivity contribution in [3.05, 3.63) is 115 Å². The minimum Gasteiger partial charge on any atom is -0.324 e. The lowest BCUT2D eigenvalue weighted by atomic mass is 10.1. The highest BCUT2D eigenvalue weighted by molar-refractivity contribution is 6.07. The van der Waals surface area contributed by atoms with Gasteiger partial charge in [0.15, 0.2) is 0 Å². The van der Waals surface area contributed by atoms with Gasteiger partial charge in [0, 0.05) is 28.2 Å². The van der Waals surface area contributed by atoms with Crippen LogP contribution in [0.4, 0.5) is 41.9 Å². The second kappa shape index (κ2) is 14.2. The molecule has 216 valence electrons. The molecule has 1 aromatic heterocycles. The molecule has 0 saturated heterocycles. The Morgan fingerprint density at radius 1 is 0.714 bits per heavy atom. The Balaban J connectivity index is 0.00000237. The molecule has 0 atom stereocenters. The van der Waals surface area contributed by atoms with E-state index in [4.69, 9.17) is 0 Å². The molecule has 42 heavy (non-hydrogen) atoms. The molecule has 3 amide bonds. The van der Waals surface area contributed by atoms with E-state index in [1.54, 1.807) is 24.3 Å². The maximum atomic E-state index is 13.0. The smallest absolute Gasteiger partial charge is 0.324 e. The standard InChI is InChI=1S/C28H21F3N6O3.C2H6/c1-2-24(38)34-21-10-5-11-22(14-21)37-27-32-15-23(16-33-27)36-26(40)18-7-4-9-20(13-18)35-25(39)17-6-3-8-19(12-17)28(29,30)31;1-2/h2-16H,1H2,(H,34,38)(H,35,39)(H,36,40)(H,32,33,37);1-2H3. The summed E-state index contributed by atoms with van der Waals surface area (Å²) in [6.45, 7) is 7.41. The Bertz CT molecular complexity index is 1570. The van der Waals surface area contributed by atoms with E-state index in [0.29, 0.717) is 17.1 Å². The molecular formula is C30H27F3N6O3. The fourth-order valence-corrected chi connectivity index (χ4v) is 3.44. The predicted molar refractivity (Wildman–Crippen MR) is 156 cm³/mol. The monoisotopic (exact) mass is 576 g/mol. The molecule has 0 spiro atoms. The van der Waals surface area contributed by atoms with Crippen LogP contribution in [-0.2, 0) is 11.0 Å². The predicted octanol–water partition coefficient (Wildman–Crippen LogP) is 6.89. The molecule has 3 aromatic carbocycles. The highest BCUT2D eigenvalue weighted by atomic mass is 19.4. The van der Waals surface area contributed by atoms with Gasteiger partial charge in [-0.2, -0.15) is 13.2 Å². The number of halogens is 3. The first-order chi connectivity index (χ1) is 20.1. The molecule has 4 aromatic rings. The average Bonchev–Trinajstić information content (AvgIpc) is 2.99. The number of hydrogen-bond donors (Lipinski definition) is 4. The summed E-state index contributed by atoms with van der Waals surface area (Å²) in [6, 6.07) is 16.8. The Morgan fingerprint density at radius 3 is 1.86 bits per heavy atom. The molecule has 0 unspecified atom stereocenters. The Hall–Kier alpha value is -5.52. The number of benzene rings is 3. The molecule has 9 nitrogen and oxygen atoms in total. The topological polar surface area (TPSA) is 125 Å². The van der Waals surface area contributed by atoms with Crippen LogP contribution in [0.1, 0.15) is 40.1 Å². The number of nitrogens with one attached hydrogen (secondary N) is 4. The zero-order valence-corrected chi connectivity index (χ0v) is 22.6. The highest BCUT2D eigenvalue weighted by Crippen LogP contribution is 2.29. The number of anilines is 5. The molecule has 0 fully saturated rings. The van der Waals surface area contributed by atoms with Crippen molar-refractivity contribution in [1.82, 2.24) is 9.97 Å². The van der Waals surface area contributed by atoms with Gasteiger partial charge in [0.1, 0.15) is 0 Å². The maximum absolute atomic E-state index is 13.0. The lowest BCUT2D eigenvalue weighted by molar-refractivity contribution is -0.137. The maximum Gasteiger partial charge on any atom is 0.416 e. The summed E-state index contributed by atoms with van der Waals surface area (Å²) in [4.78, 5) is 45.0. The summed E-state index contributed by atoms with van der Waals surface area (Å²) < 4.78 is 38.9. The summed E-state index contributed by atoms with van der Waals surface area (Å²) in [5, 5.41) is 10.8. The number of nitrogens with zero attached hydrogens (tertiary/aromatic N) is 2.